The summed E-state index contributed by atoms with van der Waals surface area (Å²) in [6.07, 6.45) is 0. The summed E-state index contributed by atoms with van der Waals surface area (Å²) in [7, 11) is 0. The van der Waals surface area contributed by atoms with Crippen LogP contribution in [-0.4, -0.2) is 28.5 Å². The average molecular weight is 250 g/mol. The Kier molecular flexibility index (Phi) is 4.13. The molecule has 1 aromatic rings. The van der Waals surface area contributed by atoms with Gasteiger partial charge in [0.1, 0.15) is 0 Å². The molecule has 2 N–H and O–H groups in total. The third kappa shape index (κ3) is 3.73. The van der Waals surface area contributed by atoms with Crippen LogP contribution in [0.5, 0.6) is 0 Å². The van der Waals surface area contributed by atoms with E-state index in [0.29, 0.717) is 11.3 Å². The summed E-state index contributed by atoms with van der Waals surface area (Å²) < 4.78 is 0.393. The zero-order valence-electron chi connectivity index (χ0n) is 10.8. The van der Waals surface area contributed by atoms with E-state index in [4.69, 9.17) is 5.73 Å². The molecule has 0 radical (unpaired) electrons. The fourth-order valence-electron chi connectivity index (χ4n) is 2.36. The molecule has 0 saturated carbocycles. The number of nitrogens with two attached hydrogens (primary N) is 1. The third-order valence-electron chi connectivity index (χ3n) is 3.14. The minimum atomic E-state index is 0.393. The molecular weight excluding hydrogens is 228 g/mol. The van der Waals surface area contributed by atoms with Crippen LogP contribution in [0.1, 0.15) is 25.0 Å². The second-order valence-electron chi connectivity index (χ2n) is 5.34. The Balaban J connectivity index is 2.00. The zero-order valence-corrected chi connectivity index (χ0v) is 11.6. The Labute approximate surface area is 109 Å². The fourth-order valence-corrected chi connectivity index (χ4v) is 3.54. The number of thioether (sulfide) groups is 1. The van der Waals surface area contributed by atoms with Gasteiger partial charge in [0.15, 0.2) is 0 Å². The van der Waals surface area contributed by atoms with Crippen LogP contribution in [-0.2, 0) is 13.1 Å². The molecule has 0 aliphatic carbocycles. The van der Waals surface area contributed by atoms with E-state index in [2.05, 4.69) is 54.8 Å². The molecule has 0 aromatic heterocycles. The number of hydrogen-bond donors (Lipinski definition) is 1. The van der Waals surface area contributed by atoms with Gasteiger partial charge in [-0.1, -0.05) is 24.3 Å². The van der Waals surface area contributed by atoms with E-state index in [1.165, 1.54) is 30.0 Å². The number of benzene rings is 1. The predicted molar refractivity (Wildman–Crippen MR) is 76.1 cm³/mol. The maximum atomic E-state index is 5.68. The van der Waals surface area contributed by atoms with Crippen LogP contribution in [0.25, 0.3) is 0 Å². The van der Waals surface area contributed by atoms with E-state index in [9.17, 15) is 0 Å². The first kappa shape index (κ1) is 12.9. The van der Waals surface area contributed by atoms with Gasteiger partial charge in [0.25, 0.3) is 0 Å². The molecule has 0 unspecified atom stereocenters. The van der Waals surface area contributed by atoms with Gasteiger partial charge in [0.2, 0.25) is 0 Å². The molecule has 1 heterocycles. The van der Waals surface area contributed by atoms with Crippen molar-refractivity contribution in [3.63, 3.8) is 0 Å². The highest BCUT2D eigenvalue weighted by Gasteiger charge is 2.26. The van der Waals surface area contributed by atoms with Gasteiger partial charge < -0.3 is 5.73 Å². The maximum Gasteiger partial charge on any atom is 0.0234 e. The molecule has 1 saturated heterocycles. The molecule has 1 aliphatic rings. The summed E-state index contributed by atoms with van der Waals surface area (Å²) in [5, 5.41) is 0. The van der Waals surface area contributed by atoms with E-state index >= 15 is 0 Å². The molecule has 0 amide bonds. The Morgan fingerprint density at radius 2 is 2.12 bits per heavy atom. The van der Waals surface area contributed by atoms with Crippen LogP contribution in [0.4, 0.5) is 0 Å². The van der Waals surface area contributed by atoms with Crippen LogP contribution >= 0.6 is 11.8 Å². The standard InChI is InChI=1S/C14H22N2S/c1-14(2)11-16(6-7-17-14)10-13-5-3-4-12(8-13)9-15/h3-5,8H,6-7,9-11,15H2,1-2H3. The zero-order chi connectivity index (χ0) is 12.3. The molecule has 17 heavy (non-hydrogen) atoms. The second kappa shape index (κ2) is 5.42. The quantitative estimate of drug-likeness (QED) is 0.893. The Morgan fingerprint density at radius 3 is 2.82 bits per heavy atom. The number of hydrogen-bond acceptors (Lipinski definition) is 3. The lowest BCUT2D eigenvalue weighted by molar-refractivity contribution is 0.252. The van der Waals surface area contributed by atoms with Gasteiger partial charge in [0.05, 0.1) is 0 Å². The minimum absolute atomic E-state index is 0.393. The van der Waals surface area contributed by atoms with Gasteiger partial charge in [-0.3, -0.25) is 4.90 Å². The summed E-state index contributed by atoms with van der Waals surface area (Å²) in [6.45, 7) is 8.72. The van der Waals surface area contributed by atoms with Crippen molar-refractivity contribution in [1.82, 2.24) is 4.90 Å². The van der Waals surface area contributed by atoms with Gasteiger partial charge in [0, 0.05) is 36.7 Å². The summed E-state index contributed by atoms with van der Waals surface area (Å²) in [4.78, 5) is 2.55. The molecule has 2 rings (SSSR count). The van der Waals surface area contributed by atoms with Gasteiger partial charge in [-0.15, -0.1) is 0 Å². The largest absolute Gasteiger partial charge is 0.326 e. The number of nitrogens with zero attached hydrogens (tertiary/aromatic N) is 1. The van der Waals surface area contributed by atoms with Crippen molar-refractivity contribution >= 4 is 11.8 Å². The molecule has 1 aromatic carbocycles. The lowest BCUT2D eigenvalue weighted by Gasteiger charge is -2.37. The van der Waals surface area contributed by atoms with Crippen molar-refractivity contribution < 1.29 is 0 Å². The normalized spacial score (nSPS) is 20.4. The van der Waals surface area contributed by atoms with E-state index in [-0.39, 0.29) is 0 Å². The first-order chi connectivity index (χ1) is 8.09. The highest BCUT2D eigenvalue weighted by Crippen LogP contribution is 2.30. The van der Waals surface area contributed by atoms with E-state index in [1.807, 2.05) is 0 Å². The molecule has 94 valence electrons. The molecule has 0 atom stereocenters. The van der Waals surface area contributed by atoms with Crippen molar-refractivity contribution in [2.24, 2.45) is 5.73 Å². The van der Waals surface area contributed by atoms with Crippen LogP contribution in [0.15, 0.2) is 24.3 Å². The monoisotopic (exact) mass is 250 g/mol. The van der Waals surface area contributed by atoms with Crippen LogP contribution in [0.2, 0.25) is 0 Å². The molecule has 0 spiro atoms. The highest BCUT2D eigenvalue weighted by molar-refractivity contribution is 8.00. The fraction of sp³-hybridized carbons (Fsp3) is 0.571. The lowest BCUT2D eigenvalue weighted by Crippen LogP contribution is -2.42. The lowest BCUT2D eigenvalue weighted by atomic mass is 10.1. The maximum absolute atomic E-state index is 5.68. The average Bonchev–Trinajstić information content (AvgIpc) is 2.28. The van der Waals surface area contributed by atoms with Gasteiger partial charge >= 0.3 is 0 Å². The predicted octanol–water partition coefficient (Wildman–Crippen LogP) is 2.47. The molecular formula is C14H22N2S. The Morgan fingerprint density at radius 1 is 1.35 bits per heavy atom. The molecule has 1 fully saturated rings. The van der Waals surface area contributed by atoms with E-state index in [1.54, 1.807) is 0 Å². The van der Waals surface area contributed by atoms with Crippen molar-refractivity contribution in [3.8, 4) is 0 Å². The van der Waals surface area contributed by atoms with Crippen molar-refractivity contribution in [1.29, 1.82) is 0 Å². The summed E-state index contributed by atoms with van der Waals surface area (Å²) in [6, 6.07) is 8.64. The van der Waals surface area contributed by atoms with Crippen molar-refractivity contribution in [3.05, 3.63) is 35.4 Å². The van der Waals surface area contributed by atoms with Crippen LogP contribution < -0.4 is 5.73 Å². The summed E-state index contributed by atoms with van der Waals surface area (Å²) in [5.74, 6) is 1.24. The highest BCUT2D eigenvalue weighted by atomic mass is 32.2. The molecule has 2 nitrogen and oxygen atoms in total. The van der Waals surface area contributed by atoms with Gasteiger partial charge in [-0.2, -0.15) is 11.8 Å². The van der Waals surface area contributed by atoms with Crippen molar-refractivity contribution in [2.45, 2.75) is 31.7 Å². The summed E-state index contributed by atoms with van der Waals surface area (Å²) in [5.41, 5.74) is 8.29. The van der Waals surface area contributed by atoms with E-state index in [0.717, 1.165) is 6.54 Å². The Bertz CT molecular complexity index is 376. The van der Waals surface area contributed by atoms with Crippen LogP contribution in [0, 0.1) is 0 Å². The smallest absolute Gasteiger partial charge is 0.0234 e. The molecule has 3 heteroatoms. The molecule has 1 aliphatic heterocycles. The number of rotatable bonds is 3. The summed E-state index contributed by atoms with van der Waals surface area (Å²) >= 11 is 2.08. The minimum Gasteiger partial charge on any atom is -0.326 e. The van der Waals surface area contributed by atoms with Gasteiger partial charge in [-0.25, -0.2) is 0 Å². The molecule has 0 bridgehead atoms. The van der Waals surface area contributed by atoms with Gasteiger partial charge in [-0.05, 0) is 25.0 Å². The SMILES string of the molecule is CC1(C)CN(Cc2cccc(CN)c2)CCS1. The first-order valence-electron chi connectivity index (χ1n) is 6.23. The second-order valence-corrected chi connectivity index (χ2v) is 7.14. The van der Waals surface area contributed by atoms with Crippen LogP contribution in [0.3, 0.4) is 0 Å². The van der Waals surface area contributed by atoms with Crippen molar-refractivity contribution in [2.75, 3.05) is 18.8 Å². The first-order valence-corrected chi connectivity index (χ1v) is 7.22. The third-order valence-corrected chi connectivity index (χ3v) is 4.44. The topological polar surface area (TPSA) is 29.3 Å². The van der Waals surface area contributed by atoms with E-state index < -0.39 is 0 Å². The Hall–Kier alpha value is -0.510.